The normalized spacial score (nSPS) is 10.7. The van der Waals surface area contributed by atoms with Crippen molar-refractivity contribution in [3.05, 3.63) is 28.8 Å². The molecule has 0 amide bonds. The third kappa shape index (κ3) is 1.82. The van der Waals surface area contributed by atoms with E-state index >= 15 is 0 Å². The second-order valence-electron chi connectivity index (χ2n) is 3.18. The van der Waals surface area contributed by atoms with Crippen LogP contribution >= 0.6 is 11.3 Å². The van der Waals surface area contributed by atoms with E-state index < -0.39 is 6.43 Å². The van der Waals surface area contributed by atoms with Gasteiger partial charge in [0.25, 0.3) is 6.43 Å². The van der Waals surface area contributed by atoms with Crippen LogP contribution in [-0.2, 0) is 7.05 Å². The van der Waals surface area contributed by atoms with Crippen LogP contribution in [0.5, 0.6) is 0 Å². The minimum Gasteiger partial charge on any atom is -0.275 e. The monoisotopic (exact) mass is 239 g/mol. The Morgan fingerprint density at radius 1 is 1.50 bits per heavy atom. The zero-order valence-electron chi connectivity index (χ0n) is 8.32. The van der Waals surface area contributed by atoms with E-state index in [1.807, 2.05) is 6.07 Å². The van der Waals surface area contributed by atoms with Crippen molar-refractivity contribution in [2.45, 2.75) is 6.43 Å². The summed E-state index contributed by atoms with van der Waals surface area (Å²) in [6.07, 6.45) is -1.26. The zero-order chi connectivity index (χ0) is 11.7. The quantitative estimate of drug-likeness (QED) is 0.808. The molecule has 6 heteroatoms. The second-order valence-corrected chi connectivity index (χ2v) is 4.27. The molecule has 0 aliphatic rings. The number of nitrogens with zero attached hydrogens (tertiary/aromatic N) is 3. The molecule has 2 aromatic rings. The van der Waals surface area contributed by atoms with E-state index in [-0.39, 0.29) is 11.3 Å². The van der Waals surface area contributed by atoms with E-state index in [4.69, 9.17) is 5.26 Å². The lowest BCUT2D eigenvalue weighted by molar-refractivity contribution is 0.152. The summed E-state index contributed by atoms with van der Waals surface area (Å²) in [5.41, 5.74) is 0.151. The van der Waals surface area contributed by atoms with Crippen LogP contribution in [0.25, 0.3) is 10.6 Å². The number of aryl methyl sites for hydroxylation is 1. The third-order valence-corrected chi connectivity index (χ3v) is 3.04. The predicted octanol–water partition coefficient (Wildman–Crippen LogP) is 2.96. The van der Waals surface area contributed by atoms with Crippen molar-refractivity contribution in [1.29, 1.82) is 5.26 Å². The van der Waals surface area contributed by atoms with Gasteiger partial charge in [-0.25, -0.2) is 8.78 Å². The van der Waals surface area contributed by atoms with Crippen LogP contribution in [0, 0.1) is 11.3 Å². The first-order chi connectivity index (χ1) is 7.61. The highest BCUT2D eigenvalue weighted by molar-refractivity contribution is 7.16. The van der Waals surface area contributed by atoms with Gasteiger partial charge in [0.1, 0.15) is 16.6 Å². The third-order valence-electron chi connectivity index (χ3n) is 2.04. The van der Waals surface area contributed by atoms with Gasteiger partial charge in [0.15, 0.2) is 0 Å². The summed E-state index contributed by atoms with van der Waals surface area (Å²) in [6, 6.07) is 5.21. The molecule has 0 aromatic carbocycles. The van der Waals surface area contributed by atoms with Crippen LogP contribution in [0.1, 0.15) is 16.9 Å². The number of alkyl halides is 2. The van der Waals surface area contributed by atoms with Gasteiger partial charge >= 0.3 is 0 Å². The van der Waals surface area contributed by atoms with Gasteiger partial charge in [-0.3, -0.25) is 4.68 Å². The maximum Gasteiger partial charge on any atom is 0.267 e. The lowest BCUT2D eigenvalue weighted by Gasteiger charge is -1.96. The summed E-state index contributed by atoms with van der Waals surface area (Å²) < 4.78 is 26.8. The Hall–Kier alpha value is -1.74. The Morgan fingerprint density at radius 3 is 2.81 bits per heavy atom. The van der Waals surface area contributed by atoms with Gasteiger partial charge in [0.2, 0.25) is 0 Å². The van der Waals surface area contributed by atoms with Gasteiger partial charge in [-0.1, -0.05) is 0 Å². The lowest BCUT2D eigenvalue weighted by Crippen LogP contribution is -1.86. The summed E-state index contributed by atoms with van der Waals surface area (Å²) in [5, 5.41) is 12.7. The van der Waals surface area contributed by atoms with Crippen LogP contribution in [0.4, 0.5) is 8.78 Å². The van der Waals surface area contributed by atoms with Crippen molar-refractivity contribution in [3.63, 3.8) is 0 Å². The molecule has 0 aliphatic carbocycles. The fourth-order valence-corrected chi connectivity index (χ4v) is 2.19. The van der Waals surface area contributed by atoms with Crippen LogP contribution in [0.3, 0.4) is 0 Å². The molecule has 3 nitrogen and oxygen atoms in total. The maximum absolute atomic E-state index is 12.7. The molecule has 2 aromatic heterocycles. The van der Waals surface area contributed by atoms with Crippen molar-refractivity contribution < 1.29 is 8.78 Å². The first kappa shape index (κ1) is 10.8. The molecule has 0 atom stereocenters. The van der Waals surface area contributed by atoms with Crippen molar-refractivity contribution >= 4 is 11.3 Å². The number of nitriles is 1. The van der Waals surface area contributed by atoms with Crippen molar-refractivity contribution in [1.82, 2.24) is 9.78 Å². The van der Waals surface area contributed by atoms with Crippen molar-refractivity contribution in [2.24, 2.45) is 7.05 Å². The molecule has 2 heterocycles. The molecule has 0 saturated heterocycles. The standard InChI is InChI=1S/C10H7F2N3S/c1-15-5-7(10(11)12)9(14-15)8-3-2-6(4-13)16-8/h2-3,5,10H,1H3. The molecule has 16 heavy (non-hydrogen) atoms. The van der Waals surface area contributed by atoms with Gasteiger partial charge in [-0.05, 0) is 12.1 Å². The Labute approximate surface area is 94.6 Å². The van der Waals surface area contributed by atoms with Crippen molar-refractivity contribution in [2.75, 3.05) is 0 Å². The zero-order valence-corrected chi connectivity index (χ0v) is 9.13. The number of hydrogen-bond donors (Lipinski definition) is 0. The molecule has 0 spiro atoms. The van der Waals surface area contributed by atoms with Gasteiger partial charge in [0.05, 0.1) is 10.4 Å². The highest BCUT2D eigenvalue weighted by Crippen LogP contribution is 2.33. The Kier molecular flexibility index (Phi) is 2.71. The van der Waals surface area contributed by atoms with E-state index in [9.17, 15) is 8.78 Å². The van der Waals surface area contributed by atoms with Crippen LogP contribution < -0.4 is 0 Å². The molecule has 0 aliphatic heterocycles. The molecule has 82 valence electrons. The molecule has 0 bridgehead atoms. The molecule has 0 N–H and O–H groups in total. The minimum atomic E-state index is -2.56. The molecule has 2 rings (SSSR count). The molecule has 0 radical (unpaired) electrons. The van der Waals surface area contributed by atoms with Gasteiger partial charge in [-0.2, -0.15) is 10.4 Å². The largest absolute Gasteiger partial charge is 0.275 e. The topological polar surface area (TPSA) is 41.6 Å². The number of thiophene rings is 1. The fourth-order valence-electron chi connectivity index (χ4n) is 1.38. The summed E-state index contributed by atoms with van der Waals surface area (Å²) >= 11 is 1.16. The lowest BCUT2D eigenvalue weighted by atomic mass is 10.2. The van der Waals surface area contributed by atoms with E-state index in [1.54, 1.807) is 19.2 Å². The Morgan fingerprint density at radius 2 is 2.25 bits per heavy atom. The maximum atomic E-state index is 12.7. The Balaban J connectivity index is 2.51. The van der Waals surface area contributed by atoms with E-state index in [2.05, 4.69) is 5.10 Å². The van der Waals surface area contributed by atoms with Gasteiger partial charge in [-0.15, -0.1) is 11.3 Å². The molecule has 0 unspecified atom stereocenters. The van der Waals surface area contributed by atoms with Gasteiger partial charge in [0, 0.05) is 13.2 Å². The summed E-state index contributed by atoms with van der Waals surface area (Å²) in [4.78, 5) is 1.08. The summed E-state index contributed by atoms with van der Waals surface area (Å²) in [6.45, 7) is 0. The summed E-state index contributed by atoms with van der Waals surface area (Å²) in [7, 11) is 1.59. The number of rotatable bonds is 2. The van der Waals surface area contributed by atoms with Crippen LogP contribution in [0.2, 0.25) is 0 Å². The number of halogens is 2. The highest BCUT2D eigenvalue weighted by atomic mass is 32.1. The Bertz CT molecular complexity index is 551. The van der Waals surface area contributed by atoms with E-state index in [0.29, 0.717) is 9.75 Å². The summed E-state index contributed by atoms with van der Waals surface area (Å²) in [5.74, 6) is 0. The number of hydrogen-bond acceptors (Lipinski definition) is 3. The molecular formula is C10H7F2N3S. The first-order valence-electron chi connectivity index (χ1n) is 4.44. The molecular weight excluding hydrogens is 232 g/mol. The van der Waals surface area contributed by atoms with E-state index in [1.165, 1.54) is 10.9 Å². The first-order valence-corrected chi connectivity index (χ1v) is 5.25. The van der Waals surface area contributed by atoms with Gasteiger partial charge < -0.3 is 0 Å². The smallest absolute Gasteiger partial charge is 0.267 e. The highest BCUT2D eigenvalue weighted by Gasteiger charge is 2.19. The van der Waals surface area contributed by atoms with Crippen LogP contribution in [-0.4, -0.2) is 9.78 Å². The average Bonchev–Trinajstić information content (AvgIpc) is 2.82. The molecule has 0 saturated carbocycles. The minimum absolute atomic E-state index is 0.103. The van der Waals surface area contributed by atoms with E-state index in [0.717, 1.165) is 11.3 Å². The predicted molar refractivity (Wildman–Crippen MR) is 56.2 cm³/mol. The molecule has 0 fully saturated rings. The fraction of sp³-hybridized carbons (Fsp3) is 0.200. The average molecular weight is 239 g/mol. The van der Waals surface area contributed by atoms with Crippen molar-refractivity contribution in [3.8, 4) is 16.6 Å². The second kappa shape index (κ2) is 4.02. The van der Waals surface area contributed by atoms with Crippen LogP contribution in [0.15, 0.2) is 18.3 Å². The number of aromatic nitrogens is 2. The SMILES string of the molecule is Cn1cc(C(F)F)c(-c2ccc(C#N)s2)n1.